The van der Waals surface area contributed by atoms with Crippen LogP contribution in [0.15, 0.2) is 173 Å². The normalized spacial score (nSPS) is 10.4. The molecule has 0 bridgehead atoms. The van der Waals surface area contributed by atoms with E-state index in [1.807, 2.05) is 84.9 Å². The summed E-state index contributed by atoms with van der Waals surface area (Å²) in [6.45, 7) is 2.12. The summed E-state index contributed by atoms with van der Waals surface area (Å²) in [5.74, 6) is 0.661. The first kappa shape index (κ1) is 27.4. The Labute approximate surface area is 250 Å². The summed E-state index contributed by atoms with van der Waals surface area (Å²) in [5.41, 5.74) is 10.7. The number of aromatic nitrogens is 2. The molecule has 6 aromatic carbocycles. The molecule has 0 spiro atoms. The fourth-order valence-corrected chi connectivity index (χ4v) is 4.72. The van der Waals surface area contributed by atoms with Gasteiger partial charge in [0.05, 0.1) is 0 Å². The molecule has 0 aliphatic carbocycles. The predicted molar refractivity (Wildman–Crippen MR) is 176 cm³/mol. The van der Waals surface area contributed by atoms with E-state index < -0.39 is 0 Å². The van der Waals surface area contributed by atoms with Crippen molar-refractivity contribution in [2.45, 2.75) is 6.92 Å². The molecule has 4 nitrogen and oxygen atoms in total. The summed E-state index contributed by atoms with van der Waals surface area (Å²) in [7, 11) is 0. The van der Waals surface area contributed by atoms with Crippen molar-refractivity contribution in [3.05, 3.63) is 170 Å². The molecule has 0 aliphatic rings. The molecule has 0 saturated heterocycles. The van der Waals surface area contributed by atoms with E-state index in [1.165, 1.54) is 28.6 Å². The number of benzene rings is 6. The van der Waals surface area contributed by atoms with Gasteiger partial charge >= 0.3 is 0 Å². The zero-order chi connectivity index (χ0) is 29.3. The summed E-state index contributed by atoms with van der Waals surface area (Å²) in [6, 6.07) is 53.1. The fourth-order valence-electron chi connectivity index (χ4n) is 4.72. The van der Waals surface area contributed by atoms with Crippen molar-refractivity contribution < 1.29 is 8.83 Å². The Bertz CT molecular complexity index is 1980. The van der Waals surface area contributed by atoms with Crippen molar-refractivity contribution >= 4 is 22.2 Å². The Morgan fingerprint density at radius 1 is 0.442 bits per heavy atom. The first-order valence-corrected chi connectivity index (χ1v) is 14.1. The van der Waals surface area contributed by atoms with Crippen LogP contribution >= 0.6 is 0 Å². The van der Waals surface area contributed by atoms with E-state index in [4.69, 9.17) is 8.83 Å². The van der Waals surface area contributed by atoms with Gasteiger partial charge < -0.3 is 8.83 Å². The highest BCUT2D eigenvalue weighted by atomic mass is 16.3. The SMILES string of the molecule is Cc1cccc(-c2ccccc2)c1.c1ccc(-c2cccc(-c3nc4ccccc4o3)c2)cc1.c1ccc2ocnc2c1. The Hall–Kier alpha value is -5.74. The number of hydrogen-bond donors (Lipinski definition) is 0. The van der Waals surface area contributed by atoms with Crippen LogP contribution in [0.25, 0.3) is 55.9 Å². The van der Waals surface area contributed by atoms with Gasteiger partial charge in [-0.2, -0.15) is 0 Å². The molecular weight excluding hydrogens is 528 g/mol. The van der Waals surface area contributed by atoms with Gasteiger partial charge in [-0.05, 0) is 65.6 Å². The molecule has 0 atom stereocenters. The summed E-state index contributed by atoms with van der Waals surface area (Å²) < 4.78 is 10.8. The van der Waals surface area contributed by atoms with Gasteiger partial charge in [-0.25, -0.2) is 9.97 Å². The molecule has 0 unspecified atom stereocenters. The Balaban J connectivity index is 0.000000127. The molecule has 0 aliphatic heterocycles. The van der Waals surface area contributed by atoms with Crippen LogP contribution in [0.4, 0.5) is 0 Å². The third-order valence-corrected chi connectivity index (χ3v) is 6.87. The van der Waals surface area contributed by atoms with Crippen LogP contribution in [-0.2, 0) is 0 Å². The largest absolute Gasteiger partial charge is 0.443 e. The van der Waals surface area contributed by atoms with Crippen molar-refractivity contribution in [3.63, 3.8) is 0 Å². The lowest BCUT2D eigenvalue weighted by Gasteiger charge is -2.02. The highest BCUT2D eigenvalue weighted by molar-refractivity contribution is 5.77. The highest BCUT2D eigenvalue weighted by Crippen LogP contribution is 2.28. The average molecular weight is 559 g/mol. The van der Waals surface area contributed by atoms with E-state index in [0.29, 0.717) is 5.89 Å². The van der Waals surface area contributed by atoms with Crippen LogP contribution in [0.5, 0.6) is 0 Å². The van der Waals surface area contributed by atoms with Crippen LogP contribution in [0, 0.1) is 6.92 Å². The lowest BCUT2D eigenvalue weighted by Crippen LogP contribution is -1.80. The minimum Gasteiger partial charge on any atom is -0.443 e. The number of rotatable bonds is 3. The summed E-state index contributed by atoms with van der Waals surface area (Å²) in [5, 5.41) is 0. The molecule has 0 amide bonds. The molecule has 0 radical (unpaired) electrons. The van der Waals surface area contributed by atoms with Gasteiger partial charge in [0.25, 0.3) is 0 Å². The lowest BCUT2D eigenvalue weighted by molar-refractivity contribution is 0.602. The second kappa shape index (κ2) is 13.3. The first-order chi connectivity index (χ1) is 21.2. The van der Waals surface area contributed by atoms with Crippen molar-refractivity contribution in [2.24, 2.45) is 0 Å². The zero-order valence-electron chi connectivity index (χ0n) is 23.8. The number of aryl methyl sites for hydroxylation is 1. The van der Waals surface area contributed by atoms with Gasteiger partial charge in [0.1, 0.15) is 11.0 Å². The number of nitrogens with zero attached hydrogens (tertiary/aromatic N) is 2. The predicted octanol–water partition coefficient (Wildman–Crippen LogP) is 10.7. The van der Waals surface area contributed by atoms with E-state index in [1.54, 1.807) is 0 Å². The van der Waals surface area contributed by atoms with Crippen molar-refractivity contribution in [3.8, 4) is 33.7 Å². The maximum absolute atomic E-state index is 5.83. The van der Waals surface area contributed by atoms with E-state index >= 15 is 0 Å². The fraction of sp³-hybridized carbons (Fsp3) is 0.0256. The Morgan fingerprint density at radius 3 is 1.63 bits per heavy atom. The summed E-state index contributed by atoms with van der Waals surface area (Å²) in [4.78, 5) is 8.50. The number of para-hydroxylation sites is 4. The number of oxazole rings is 2. The quantitative estimate of drug-likeness (QED) is 0.216. The van der Waals surface area contributed by atoms with E-state index in [9.17, 15) is 0 Å². The molecule has 8 rings (SSSR count). The van der Waals surface area contributed by atoms with Gasteiger partial charge in [0.2, 0.25) is 5.89 Å². The molecule has 0 fully saturated rings. The number of hydrogen-bond acceptors (Lipinski definition) is 4. The van der Waals surface area contributed by atoms with Gasteiger partial charge in [-0.15, -0.1) is 0 Å². The second-order valence-corrected chi connectivity index (χ2v) is 9.99. The van der Waals surface area contributed by atoms with Crippen LogP contribution in [-0.4, -0.2) is 9.97 Å². The Morgan fingerprint density at radius 2 is 0.977 bits per heavy atom. The average Bonchev–Trinajstić information content (AvgIpc) is 3.74. The summed E-state index contributed by atoms with van der Waals surface area (Å²) >= 11 is 0. The van der Waals surface area contributed by atoms with Gasteiger partial charge in [-0.3, -0.25) is 0 Å². The maximum Gasteiger partial charge on any atom is 0.227 e. The van der Waals surface area contributed by atoms with Crippen LogP contribution in [0.3, 0.4) is 0 Å². The standard InChI is InChI=1S/C19H13NO.C13H12.C7H5NO/c1-2-7-14(8-3-1)15-9-6-10-16(13-15)19-20-17-11-4-5-12-18(17)21-19;1-11-6-5-9-13(10-11)12-7-3-2-4-8-12;1-2-4-7-6(3-1)8-5-9-7/h1-13H;2-10H,1H3;1-5H. The monoisotopic (exact) mass is 558 g/mol. The number of fused-ring (bicyclic) bond motifs is 2. The molecule has 0 saturated carbocycles. The molecule has 2 aromatic heterocycles. The van der Waals surface area contributed by atoms with Crippen molar-refractivity contribution in [2.75, 3.05) is 0 Å². The van der Waals surface area contributed by atoms with Gasteiger partial charge in [-0.1, -0.05) is 127 Å². The first-order valence-electron chi connectivity index (χ1n) is 14.1. The minimum atomic E-state index is 0.661. The van der Waals surface area contributed by atoms with Crippen LogP contribution < -0.4 is 0 Å². The Kier molecular flexibility index (Phi) is 8.47. The van der Waals surface area contributed by atoms with Gasteiger partial charge in [0.15, 0.2) is 17.6 Å². The molecule has 0 N–H and O–H groups in total. The smallest absolute Gasteiger partial charge is 0.227 e. The third-order valence-electron chi connectivity index (χ3n) is 6.87. The molecule has 43 heavy (non-hydrogen) atoms. The topological polar surface area (TPSA) is 52.1 Å². The molecule has 208 valence electrons. The molecular formula is C39H30N2O2. The van der Waals surface area contributed by atoms with E-state index in [0.717, 1.165) is 33.3 Å². The second-order valence-electron chi connectivity index (χ2n) is 9.99. The highest BCUT2D eigenvalue weighted by Gasteiger charge is 2.08. The van der Waals surface area contributed by atoms with Crippen molar-refractivity contribution in [1.82, 2.24) is 9.97 Å². The zero-order valence-corrected chi connectivity index (χ0v) is 23.8. The van der Waals surface area contributed by atoms with Crippen molar-refractivity contribution in [1.29, 1.82) is 0 Å². The maximum atomic E-state index is 5.83. The third kappa shape index (κ3) is 6.95. The van der Waals surface area contributed by atoms with Crippen LogP contribution in [0.1, 0.15) is 5.56 Å². The molecule has 8 aromatic rings. The molecule has 4 heteroatoms. The molecule has 2 heterocycles. The minimum absolute atomic E-state index is 0.661. The van der Waals surface area contributed by atoms with Crippen LogP contribution in [0.2, 0.25) is 0 Å². The van der Waals surface area contributed by atoms with E-state index in [2.05, 4.69) is 89.7 Å². The van der Waals surface area contributed by atoms with E-state index in [-0.39, 0.29) is 0 Å². The lowest BCUT2D eigenvalue weighted by atomic mass is 10.0. The van der Waals surface area contributed by atoms with Gasteiger partial charge in [0, 0.05) is 5.56 Å². The summed E-state index contributed by atoms with van der Waals surface area (Å²) in [6.07, 6.45) is 1.45.